The fourth-order valence-electron chi connectivity index (χ4n) is 3.81. The van der Waals surface area contributed by atoms with E-state index in [0.29, 0.717) is 37.2 Å². The molecule has 0 aromatic carbocycles. The van der Waals surface area contributed by atoms with Gasteiger partial charge in [0, 0.05) is 24.3 Å². The van der Waals surface area contributed by atoms with Crippen LogP contribution < -0.4 is 10.2 Å². The molecule has 0 aliphatic heterocycles. The van der Waals surface area contributed by atoms with E-state index in [1.807, 2.05) is 0 Å². The molecule has 0 bridgehead atoms. The number of carboxylic acid groups (broad SMARTS) is 2. The molecular formula is C42H68O12Sn. The van der Waals surface area contributed by atoms with Gasteiger partial charge in [-0.05, 0) is 36.8 Å². The van der Waals surface area contributed by atoms with Crippen LogP contribution in [0.5, 0.6) is 0 Å². The van der Waals surface area contributed by atoms with Crippen LogP contribution in [0.1, 0.15) is 119 Å². The van der Waals surface area contributed by atoms with Crippen molar-refractivity contribution in [3.63, 3.8) is 0 Å². The monoisotopic (exact) mass is 884 g/mol. The molecule has 12 nitrogen and oxygen atoms in total. The number of carbonyl (C=O) groups is 6. The Morgan fingerprint density at radius 1 is 0.509 bits per heavy atom. The van der Waals surface area contributed by atoms with Gasteiger partial charge >= 0.3 is 93.4 Å². The van der Waals surface area contributed by atoms with Gasteiger partial charge < -0.3 is 38.7 Å². The van der Waals surface area contributed by atoms with E-state index in [2.05, 4.69) is 64.2 Å². The average Bonchev–Trinajstić information content (AvgIpc) is 3.17. The summed E-state index contributed by atoms with van der Waals surface area (Å²) in [6.07, 6.45) is 22.4. The second kappa shape index (κ2) is 46.5. The summed E-state index contributed by atoms with van der Waals surface area (Å²) in [5.74, 6) is -4.46. The number of carboxylic acids is 2. The van der Waals surface area contributed by atoms with E-state index in [9.17, 15) is 39.0 Å². The Bertz CT molecular complexity index is 1030. The molecule has 0 aliphatic rings. The first-order valence-electron chi connectivity index (χ1n) is 19.4. The fraction of sp³-hybridized carbons (Fsp3) is 0.619. The molecule has 0 aromatic rings. The number of hydrogen-bond acceptors (Lipinski definition) is 12. The van der Waals surface area contributed by atoms with E-state index in [1.165, 1.54) is 50.0 Å². The summed E-state index contributed by atoms with van der Waals surface area (Å²) in [4.78, 5) is 63.7. The number of ether oxygens (including phenoxy) is 4. The van der Waals surface area contributed by atoms with E-state index < -0.39 is 35.8 Å². The topological polar surface area (TPSA) is 185 Å². The zero-order chi connectivity index (χ0) is 42.5. The minimum atomic E-state index is -1.43. The molecule has 2 unspecified atom stereocenters. The van der Waals surface area contributed by atoms with Crippen LogP contribution in [0.3, 0.4) is 0 Å². The summed E-state index contributed by atoms with van der Waals surface area (Å²) < 4.78 is 22.5. The standard InChI is InChI=1S/C20H36O4.2C7H8O4.2C4H9.Sn/c1-5-9-11-17(7-3)15-23-19(21)13-14-20(22)24-16-18(8-4)12-10-6-2;2*1-2-5-11-7(10)4-3-6(8)9;2*1-3-4-2;/h13-14,17-18H,5-12,15-16H2,1-4H3;2*2-4H,1,5H2,(H,8,9);2*1,3-4H2,2H3;/q;;;;;+2/p-2/b14-13-;2*4-3-;;;. The summed E-state index contributed by atoms with van der Waals surface area (Å²) in [5.41, 5.74) is 0. The summed E-state index contributed by atoms with van der Waals surface area (Å²) in [6, 6.07) is 0. The molecule has 312 valence electrons. The zero-order valence-electron chi connectivity index (χ0n) is 34.3. The van der Waals surface area contributed by atoms with Gasteiger partial charge in [0.1, 0.15) is 13.2 Å². The van der Waals surface area contributed by atoms with Crippen molar-refractivity contribution in [2.45, 2.75) is 127 Å². The van der Waals surface area contributed by atoms with Crippen LogP contribution in [-0.2, 0) is 47.7 Å². The van der Waals surface area contributed by atoms with E-state index in [4.69, 9.17) is 9.47 Å². The summed E-state index contributed by atoms with van der Waals surface area (Å²) in [6.45, 7) is 20.7. The van der Waals surface area contributed by atoms with Crippen LogP contribution in [0.25, 0.3) is 0 Å². The van der Waals surface area contributed by atoms with Gasteiger partial charge in [0.15, 0.2) is 0 Å². The third-order valence-corrected chi connectivity index (χ3v) is 11.2. The fourth-order valence-corrected chi connectivity index (χ4v) is 7.97. The number of hydrogen-bond donors (Lipinski definition) is 0. The molecule has 0 radical (unpaired) electrons. The van der Waals surface area contributed by atoms with Crippen LogP contribution in [0, 0.1) is 11.8 Å². The molecule has 0 heterocycles. The average molecular weight is 884 g/mol. The summed E-state index contributed by atoms with van der Waals surface area (Å²) >= 11 is 0.149. The van der Waals surface area contributed by atoms with E-state index in [-0.39, 0.29) is 34.4 Å². The van der Waals surface area contributed by atoms with Crippen molar-refractivity contribution in [2.24, 2.45) is 11.8 Å². The molecule has 13 heteroatoms. The maximum absolute atomic E-state index is 11.7. The number of rotatable bonds is 28. The van der Waals surface area contributed by atoms with E-state index in [0.717, 1.165) is 63.5 Å². The van der Waals surface area contributed by atoms with Crippen molar-refractivity contribution >= 4 is 57.0 Å². The Morgan fingerprint density at radius 2 is 0.818 bits per heavy atom. The molecule has 0 rings (SSSR count). The summed E-state index contributed by atoms with van der Waals surface area (Å²) in [5, 5.41) is 19.5. The summed E-state index contributed by atoms with van der Waals surface area (Å²) in [7, 11) is 0. The second-order valence-electron chi connectivity index (χ2n) is 12.0. The normalized spacial score (nSPS) is 11.2. The Morgan fingerprint density at radius 3 is 1.09 bits per heavy atom. The van der Waals surface area contributed by atoms with Gasteiger partial charge in [0.2, 0.25) is 0 Å². The zero-order valence-corrected chi connectivity index (χ0v) is 37.2. The predicted octanol–water partition coefficient (Wildman–Crippen LogP) is 6.23. The van der Waals surface area contributed by atoms with Gasteiger partial charge in [-0.2, -0.15) is 0 Å². The van der Waals surface area contributed by atoms with Gasteiger partial charge in [-0.3, -0.25) is 0 Å². The molecule has 0 N–H and O–H groups in total. The van der Waals surface area contributed by atoms with E-state index >= 15 is 0 Å². The van der Waals surface area contributed by atoms with Crippen LogP contribution >= 0.6 is 0 Å². The third kappa shape index (κ3) is 52.5. The van der Waals surface area contributed by atoms with Crippen LogP contribution in [0.15, 0.2) is 61.8 Å². The Balaban J connectivity index is -0.000000349. The van der Waals surface area contributed by atoms with Crippen molar-refractivity contribution in [3.05, 3.63) is 61.8 Å². The van der Waals surface area contributed by atoms with Crippen LogP contribution in [0.2, 0.25) is 8.87 Å². The molecule has 0 spiro atoms. The SMILES string of the molecule is C=CCOC(=O)/C=C\C(=O)[O-].C=CCOC(=O)/C=C\C(=O)[O-].CCCCC(CC)COC(=O)/C=C\C(=O)OCC(CC)CCCC.CCC[CH2][Sn+2][CH2]CCC. The Labute approximate surface area is 341 Å². The van der Waals surface area contributed by atoms with Gasteiger partial charge in [0.05, 0.1) is 25.2 Å². The van der Waals surface area contributed by atoms with Gasteiger partial charge in [-0.15, -0.1) is 0 Å². The number of carbonyl (C=O) groups excluding carboxylic acids is 6. The Kier molecular flexibility index (Phi) is 49.0. The van der Waals surface area contributed by atoms with E-state index in [1.54, 1.807) is 8.87 Å². The molecule has 55 heavy (non-hydrogen) atoms. The van der Waals surface area contributed by atoms with Crippen molar-refractivity contribution in [1.29, 1.82) is 0 Å². The molecule has 0 saturated heterocycles. The quantitative estimate of drug-likeness (QED) is 0.0216. The van der Waals surface area contributed by atoms with Gasteiger partial charge in [-0.25, -0.2) is 19.2 Å². The van der Waals surface area contributed by atoms with Crippen LogP contribution in [-0.4, -0.2) is 83.4 Å². The molecule has 2 atom stereocenters. The number of esters is 4. The molecular weight excluding hydrogens is 815 g/mol. The van der Waals surface area contributed by atoms with Crippen molar-refractivity contribution in [1.82, 2.24) is 0 Å². The molecule has 0 aromatic heterocycles. The predicted molar refractivity (Wildman–Crippen MR) is 213 cm³/mol. The first-order valence-corrected chi connectivity index (χ1v) is 23.4. The van der Waals surface area contributed by atoms with Crippen molar-refractivity contribution in [3.8, 4) is 0 Å². The van der Waals surface area contributed by atoms with Gasteiger partial charge in [0.25, 0.3) is 0 Å². The van der Waals surface area contributed by atoms with Gasteiger partial charge in [-0.1, -0.05) is 91.5 Å². The molecule has 0 saturated carbocycles. The maximum atomic E-state index is 11.7. The molecule has 0 amide bonds. The number of aliphatic carboxylic acids is 2. The Hall–Kier alpha value is -3.68. The molecule has 0 aliphatic carbocycles. The second-order valence-corrected chi connectivity index (χ2v) is 16.3. The number of unbranched alkanes of at least 4 members (excludes halogenated alkanes) is 4. The van der Waals surface area contributed by atoms with Crippen molar-refractivity contribution < 1.29 is 57.9 Å². The first kappa shape index (κ1) is 58.0. The first-order chi connectivity index (χ1) is 26.3. The van der Waals surface area contributed by atoms with Crippen molar-refractivity contribution in [2.75, 3.05) is 26.4 Å². The van der Waals surface area contributed by atoms with Crippen LogP contribution in [0.4, 0.5) is 0 Å². The third-order valence-electron chi connectivity index (χ3n) is 7.18. The molecule has 0 fully saturated rings. The minimum absolute atomic E-state index is 0.0657.